The van der Waals surface area contributed by atoms with E-state index in [9.17, 15) is 9.59 Å². The van der Waals surface area contributed by atoms with Crippen molar-refractivity contribution in [2.75, 3.05) is 26.2 Å². The Bertz CT molecular complexity index is 365. The highest BCUT2D eigenvalue weighted by Gasteiger charge is 2.31. The van der Waals surface area contributed by atoms with Crippen LogP contribution in [0, 0.1) is 17.8 Å². The Morgan fingerprint density at radius 1 is 1.14 bits per heavy atom. The first-order valence-electron chi connectivity index (χ1n) is 8.33. The quantitative estimate of drug-likeness (QED) is 0.810. The van der Waals surface area contributed by atoms with Crippen LogP contribution in [0.15, 0.2) is 0 Å². The molecule has 2 atom stereocenters. The second kappa shape index (κ2) is 7.78. The minimum atomic E-state index is -0.751. The Hall–Kier alpha value is -1.10. The van der Waals surface area contributed by atoms with Gasteiger partial charge < -0.3 is 15.3 Å². The largest absolute Gasteiger partial charge is 0.481 e. The average molecular weight is 296 g/mol. The number of aliphatic carboxylic acids is 1. The molecule has 1 aliphatic carbocycles. The Morgan fingerprint density at radius 3 is 2.43 bits per heavy atom. The summed E-state index contributed by atoms with van der Waals surface area (Å²) in [5.41, 5.74) is 0. The van der Waals surface area contributed by atoms with Crippen molar-refractivity contribution in [3.63, 3.8) is 0 Å². The SMILES string of the molecule is CCN1CCC(CNC(=O)C2CCCC(C(=O)O)C2)CC1. The van der Waals surface area contributed by atoms with Crippen LogP contribution in [0.5, 0.6) is 0 Å². The highest BCUT2D eigenvalue weighted by atomic mass is 16.4. The Morgan fingerprint density at radius 2 is 1.81 bits per heavy atom. The van der Waals surface area contributed by atoms with Gasteiger partial charge in [-0.1, -0.05) is 13.3 Å². The van der Waals surface area contributed by atoms with Crippen LogP contribution >= 0.6 is 0 Å². The zero-order chi connectivity index (χ0) is 15.2. The molecule has 0 bridgehead atoms. The molecule has 5 nitrogen and oxygen atoms in total. The van der Waals surface area contributed by atoms with E-state index in [4.69, 9.17) is 5.11 Å². The normalized spacial score (nSPS) is 28.2. The number of carboxylic acids is 1. The number of hydrogen-bond donors (Lipinski definition) is 2. The van der Waals surface area contributed by atoms with Crippen molar-refractivity contribution < 1.29 is 14.7 Å². The third-order valence-electron chi connectivity index (χ3n) is 5.11. The lowest BCUT2D eigenvalue weighted by Gasteiger charge is -2.32. The number of rotatable bonds is 5. The molecule has 2 rings (SSSR count). The van der Waals surface area contributed by atoms with Gasteiger partial charge in [-0.2, -0.15) is 0 Å². The maximum Gasteiger partial charge on any atom is 0.306 e. The molecule has 5 heteroatoms. The predicted molar refractivity (Wildman–Crippen MR) is 80.9 cm³/mol. The molecule has 0 aromatic carbocycles. The van der Waals surface area contributed by atoms with Gasteiger partial charge >= 0.3 is 5.97 Å². The fourth-order valence-corrected chi connectivity index (χ4v) is 3.55. The highest BCUT2D eigenvalue weighted by molar-refractivity contribution is 5.80. The second-order valence-electron chi connectivity index (χ2n) is 6.52. The van der Waals surface area contributed by atoms with Crippen LogP contribution in [-0.2, 0) is 9.59 Å². The van der Waals surface area contributed by atoms with Gasteiger partial charge in [-0.25, -0.2) is 0 Å². The molecular weight excluding hydrogens is 268 g/mol. The first-order chi connectivity index (χ1) is 10.1. The minimum Gasteiger partial charge on any atom is -0.481 e. The standard InChI is InChI=1S/C16H28N2O3/c1-2-18-8-6-12(7-9-18)11-17-15(19)13-4-3-5-14(10-13)16(20)21/h12-14H,2-11H2,1H3,(H,17,19)(H,20,21). The van der Waals surface area contributed by atoms with E-state index in [1.165, 1.54) is 0 Å². The lowest BCUT2D eigenvalue weighted by atomic mass is 9.81. The minimum absolute atomic E-state index is 0.0684. The van der Waals surface area contributed by atoms with Crippen molar-refractivity contribution in [2.45, 2.75) is 45.4 Å². The van der Waals surface area contributed by atoms with E-state index in [-0.39, 0.29) is 17.7 Å². The van der Waals surface area contributed by atoms with Gasteiger partial charge in [-0.15, -0.1) is 0 Å². The second-order valence-corrected chi connectivity index (χ2v) is 6.52. The Labute approximate surface area is 127 Å². The summed E-state index contributed by atoms with van der Waals surface area (Å²) in [4.78, 5) is 25.7. The summed E-state index contributed by atoms with van der Waals surface area (Å²) in [6.07, 6.45) is 5.21. The van der Waals surface area contributed by atoms with Crippen molar-refractivity contribution in [3.8, 4) is 0 Å². The van der Waals surface area contributed by atoms with Crippen molar-refractivity contribution >= 4 is 11.9 Å². The summed E-state index contributed by atoms with van der Waals surface area (Å²) in [5.74, 6) is -0.535. The molecule has 1 heterocycles. The molecule has 2 fully saturated rings. The number of piperidine rings is 1. The molecule has 21 heavy (non-hydrogen) atoms. The summed E-state index contributed by atoms with van der Waals surface area (Å²) in [7, 11) is 0. The number of nitrogens with zero attached hydrogens (tertiary/aromatic N) is 1. The van der Waals surface area contributed by atoms with E-state index >= 15 is 0 Å². The zero-order valence-corrected chi connectivity index (χ0v) is 13.0. The summed E-state index contributed by atoms with van der Waals surface area (Å²) >= 11 is 0. The maximum atomic E-state index is 12.2. The monoisotopic (exact) mass is 296 g/mol. The number of likely N-dealkylation sites (tertiary alicyclic amines) is 1. The molecule has 2 unspecified atom stereocenters. The van der Waals surface area contributed by atoms with Gasteiger partial charge in [0.15, 0.2) is 0 Å². The molecule has 0 aromatic rings. The molecule has 1 saturated carbocycles. The zero-order valence-electron chi connectivity index (χ0n) is 13.0. The lowest BCUT2D eigenvalue weighted by molar-refractivity contribution is -0.144. The van der Waals surface area contributed by atoms with E-state index in [0.717, 1.165) is 51.9 Å². The smallest absolute Gasteiger partial charge is 0.306 e. The molecule has 0 radical (unpaired) electrons. The molecular formula is C16H28N2O3. The molecule has 120 valence electrons. The molecule has 2 aliphatic rings. The van der Waals surface area contributed by atoms with E-state index in [1.54, 1.807) is 0 Å². The number of amides is 1. The lowest BCUT2D eigenvalue weighted by Crippen LogP contribution is -2.41. The molecule has 0 spiro atoms. The topological polar surface area (TPSA) is 69.6 Å². The van der Waals surface area contributed by atoms with Crippen LogP contribution in [0.2, 0.25) is 0 Å². The summed E-state index contributed by atoms with van der Waals surface area (Å²) in [6, 6.07) is 0. The van der Waals surface area contributed by atoms with Crippen molar-refractivity contribution in [1.82, 2.24) is 10.2 Å². The number of nitrogens with one attached hydrogen (secondary N) is 1. The fourth-order valence-electron chi connectivity index (χ4n) is 3.55. The maximum absolute atomic E-state index is 12.2. The average Bonchev–Trinajstić information content (AvgIpc) is 2.53. The van der Waals surface area contributed by atoms with Crippen LogP contribution < -0.4 is 5.32 Å². The van der Waals surface area contributed by atoms with Crippen LogP contribution in [-0.4, -0.2) is 48.1 Å². The third kappa shape index (κ3) is 4.70. The number of hydrogen-bond acceptors (Lipinski definition) is 3. The van der Waals surface area contributed by atoms with Crippen LogP contribution in [0.3, 0.4) is 0 Å². The van der Waals surface area contributed by atoms with Gasteiger partial charge in [0.25, 0.3) is 0 Å². The van der Waals surface area contributed by atoms with E-state index in [1.807, 2.05) is 0 Å². The van der Waals surface area contributed by atoms with Crippen molar-refractivity contribution in [1.29, 1.82) is 0 Å². The Balaban J connectivity index is 1.71. The van der Waals surface area contributed by atoms with Gasteiger partial charge in [-0.3, -0.25) is 9.59 Å². The van der Waals surface area contributed by atoms with Crippen LogP contribution in [0.1, 0.15) is 45.4 Å². The van der Waals surface area contributed by atoms with Gasteiger partial charge in [0.1, 0.15) is 0 Å². The van der Waals surface area contributed by atoms with Gasteiger partial charge in [0.05, 0.1) is 5.92 Å². The number of carbonyl (C=O) groups excluding carboxylic acids is 1. The summed E-state index contributed by atoms with van der Waals surface area (Å²) in [5, 5.41) is 12.1. The number of carboxylic acid groups (broad SMARTS) is 1. The fraction of sp³-hybridized carbons (Fsp3) is 0.875. The van der Waals surface area contributed by atoms with E-state index in [2.05, 4.69) is 17.1 Å². The van der Waals surface area contributed by atoms with E-state index in [0.29, 0.717) is 18.8 Å². The summed E-state index contributed by atoms with van der Waals surface area (Å²) < 4.78 is 0. The number of carbonyl (C=O) groups is 2. The molecule has 1 amide bonds. The Kier molecular flexibility index (Phi) is 6.03. The molecule has 0 aromatic heterocycles. The summed E-state index contributed by atoms with van der Waals surface area (Å²) in [6.45, 7) is 6.30. The van der Waals surface area contributed by atoms with Gasteiger partial charge in [0, 0.05) is 12.5 Å². The van der Waals surface area contributed by atoms with Gasteiger partial charge in [0.2, 0.25) is 5.91 Å². The first-order valence-corrected chi connectivity index (χ1v) is 8.33. The van der Waals surface area contributed by atoms with Crippen LogP contribution in [0.4, 0.5) is 0 Å². The van der Waals surface area contributed by atoms with E-state index < -0.39 is 5.97 Å². The van der Waals surface area contributed by atoms with Gasteiger partial charge in [-0.05, 0) is 57.7 Å². The predicted octanol–water partition coefficient (Wildman–Crippen LogP) is 1.73. The molecule has 1 aliphatic heterocycles. The molecule has 1 saturated heterocycles. The first kappa shape index (κ1) is 16.3. The highest BCUT2D eigenvalue weighted by Crippen LogP contribution is 2.29. The third-order valence-corrected chi connectivity index (χ3v) is 5.11. The molecule has 2 N–H and O–H groups in total. The van der Waals surface area contributed by atoms with Crippen molar-refractivity contribution in [3.05, 3.63) is 0 Å². The van der Waals surface area contributed by atoms with Crippen molar-refractivity contribution in [2.24, 2.45) is 17.8 Å². The van der Waals surface area contributed by atoms with Crippen LogP contribution in [0.25, 0.3) is 0 Å².